The predicted molar refractivity (Wildman–Crippen MR) is 119 cm³/mol. The second kappa shape index (κ2) is 8.42. The molecule has 0 unspecified atom stereocenters. The fourth-order valence-electron chi connectivity index (χ4n) is 3.28. The summed E-state index contributed by atoms with van der Waals surface area (Å²) in [7, 11) is 0. The molecule has 3 heterocycles. The molecule has 162 valence electrons. The highest BCUT2D eigenvalue weighted by atomic mass is 19.1. The molecule has 4 N–H and O–H groups in total. The van der Waals surface area contributed by atoms with Crippen molar-refractivity contribution in [1.82, 2.24) is 19.5 Å². The minimum Gasteiger partial charge on any atom is -0.383 e. The van der Waals surface area contributed by atoms with Crippen LogP contribution < -0.4 is 16.4 Å². The highest BCUT2D eigenvalue weighted by Crippen LogP contribution is 2.28. The van der Waals surface area contributed by atoms with Crippen LogP contribution in [0.1, 0.15) is 35.8 Å². The molecular weight excluding hydrogens is 413 g/mol. The van der Waals surface area contributed by atoms with Crippen LogP contribution in [0.15, 0.2) is 55.1 Å². The van der Waals surface area contributed by atoms with Gasteiger partial charge in [-0.2, -0.15) is 0 Å². The van der Waals surface area contributed by atoms with E-state index in [1.165, 1.54) is 42.9 Å². The minimum atomic E-state index is -0.581. The number of halogens is 1. The van der Waals surface area contributed by atoms with Crippen molar-refractivity contribution in [2.45, 2.75) is 19.9 Å². The Morgan fingerprint density at radius 1 is 1.06 bits per heavy atom. The zero-order valence-corrected chi connectivity index (χ0v) is 17.3. The van der Waals surface area contributed by atoms with Gasteiger partial charge in [-0.25, -0.2) is 24.1 Å². The van der Waals surface area contributed by atoms with Gasteiger partial charge in [-0.05, 0) is 50.2 Å². The van der Waals surface area contributed by atoms with Gasteiger partial charge in [0.1, 0.15) is 29.4 Å². The number of hydrogen-bond donors (Lipinski definition) is 3. The van der Waals surface area contributed by atoms with E-state index in [1.54, 1.807) is 12.3 Å². The van der Waals surface area contributed by atoms with E-state index >= 15 is 0 Å². The van der Waals surface area contributed by atoms with Crippen LogP contribution in [0.4, 0.5) is 26.5 Å². The average Bonchev–Trinajstić information content (AvgIpc) is 3.16. The van der Waals surface area contributed by atoms with Crippen LogP contribution in [-0.2, 0) is 0 Å². The summed E-state index contributed by atoms with van der Waals surface area (Å²) in [5, 5.41) is 5.61. The van der Waals surface area contributed by atoms with Gasteiger partial charge in [-0.1, -0.05) is 0 Å². The lowest BCUT2D eigenvalue weighted by Crippen LogP contribution is -2.20. The van der Waals surface area contributed by atoms with E-state index in [-0.39, 0.29) is 23.5 Å². The molecular formula is C22H20FN7O2. The van der Waals surface area contributed by atoms with Crippen LogP contribution in [-0.4, -0.2) is 31.3 Å². The summed E-state index contributed by atoms with van der Waals surface area (Å²) in [6.45, 7) is 3.94. The van der Waals surface area contributed by atoms with Crippen molar-refractivity contribution in [3.63, 3.8) is 0 Å². The number of nitrogens with one attached hydrogen (secondary N) is 2. The molecule has 9 nitrogen and oxygen atoms in total. The van der Waals surface area contributed by atoms with Gasteiger partial charge >= 0.3 is 6.03 Å². The molecule has 0 spiro atoms. The first-order valence-corrected chi connectivity index (χ1v) is 9.79. The number of rotatable bonds is 5. The summed E-state index contributed by atoms with van der Waals surface area (Å²) >= 11 is 0. The summed E-state index contributed by atoms with van der Waals surface area (Å²) in [6, 6.07) is 7.81. The molecule has 32 heavy (non-hydrogen) atoms. The van der Waals surface area contributed by atoms with E-state index in [1.807, 2.05) is 18.4 Å². The van der Waals surface area contributed by atoms with Crippen molar-refractivity contribution in [2.24, 2.45) is 0 Å². The van der Waals surface area contributed by atoms with Crippen LogP contribution >= 0.6 is 0 Å². The van der Waals surface area contributed by atoms with Crippen molar-refractivity contribution < 1.29 is 14.0 Å². The quantitative estimate of drug-likeness (QED) is 0.408. The Balaban J connectivity index is 1.60. The lowest BCUT2D eigenvalue weighted by atomic mass is 10.0. The third-order valence-corrected chi connectivity index (χ3v) is 4.81. The maximum absolute atomic E-state index is 13.3. The van der Waals surface area contributed by atoms with Crippen LogP contribution in [0.3, 0.4) is 0 Å². The number of amides is 2. The topological polar surface area (TPSA) is 128 Å². The van der Waals surface area contributed by atoms with Crippen molar-refractivity contribution >= 4 is 40.2 Å². The normalized spacial score (nSPS) is 11.0. The van der Waals surface area contributed by atoms with Gasteiger partial charge in [0.2, 0.25) is 0 Å². The number of nitrogens with zero attached hydrogens (tertiary/aromatic N) is 4. The van der Waals surface area contributed by atoms with Gasteiger partial charge in [-0.15, -0.1) is 0 Å². The van der Waals surface area contributed by atoms with Crippen LogP contribution in [0, 0.1) is 5.82 Å². The molecule has 0 radical (unpaired) electrons. The second-order valence-electron chi connectivity index (χ2n) is 7.35. The molecule has 0 fully saturated rings. The fraction of sp³-hybridized carbons (Fsp3) is 0.136. The molecule has 4 rings (SSSR count). The first kappa shape index (κ1) is 20.9. The summed E-state index contributed by atoms with van der Waals surface area (Å²) in [4.78, 5) is 37.9. The second-order valence-corrected chi connectivity index (χ2v) is 7.35. The molecule has 0 aliphatic carbocycles. The first-order chi connectivity index (χ1) is 15.3. The number of nitrogen functional groups attached to an aromatic ring is 1. The monoisotopic (exact) mass is 433 g/mol. The van der Waals surface area contributed by atoms with E-state index < -0.39 is 11.8 Å². The smallest absolute Gasteiger partial charge is 0.324 e. The lowest BCUT2D eigenvalue weighted by molar-refractivity contribution is 0.104. The molecule has 2 amide bonds. The minimum absolute atomic E-state index is 0.0539. The van der Waals surface area contributed by atoms with E-state index in [4.69, 9.17) is 5.73 Å². The Labute approximate surface area is 182 Å². The Morgan fingerprint density at radius 3 is 2.53 bits per heavy atom. The predicted octanol–water partition coefficient (Wildman–Crippen LogP) is 4.00. The number of hydrogen-bond acceptors (Lipinski definition) is 6. The zero-order valence-electron chi connectivity index (χ0n) is 17.3. The Hall–Kier alpha value is -4.34. The summed E-state index contributed by atoms with van der Waals surface area (Å²) in [5.41, 5.74) is 7.70. The number of ketones is 1. The summed E-state index contributed by atoms with van der Waals surface area (Å²) < 4.78 is 14.9. The number of urea groups is 1. The Morgan fingerprint density at radius 2 is 1.81 bits per heavy atom. The van der Waals surface area contributed by atoms with Gasteiger partial charge in [-0.3, -0.25) is 10.1 Å². The zero-order chi connectivity index (χ0) is 22.8. The van der Waals surface area contributed by atoms with Crippen molar-refractivity contribution in [3.05, 3.63) is 72.1 Å². The Bertz CT molecular complexity index is 1320. The van der Waals surface area contributed by atoms with Gasteiger partial charge in [0.25, 0.3) is 0 Å². The highest BCUT2D eigenvalue weighted by molar-refractivity contribution is 6.18. The highest BCUT2D eigenvalue weighted by Gasteiger charge is 2.21. The fourth-order valence-corrected chi connectivity index (χ4v) is 3.28. The number of benzene rings is 1. The number of carbonyl (C=O) groups excluding carboxylic acids is 2. The average molecular weight is 433 g/mol. The largest absolute Gasteiger partial charge is 0.383 e. The van der Waals surface area contributed by atoms with Crippen LogP contribution in [0.2, 0.25) is 0 Å². The third kappa shape index (κ3) is 4.10. The molecule has 10 heteroatoms. The Kier molecular flexibility index (Phi) is 5.50. The number of fused-ring (bicyclic) bond motifs is 1. The maximum atomic E-state index is 13.3. The van der Waals surface area contributed by atoms with E-state index in [2.05, 4.69) is 25.6 Å². The molecule has 3 aromatic heterocycles. The molecule has 0 bridgehead atoms. The molecule has 0 atom stereocenters. The molecule has 4 aromatic rings. The molecule has 0 saturated heterocycles. The van der Waals surface area contributed by atoms with Crippen molar-refractivity contribution in [1.29, 1.82) is 0 Å². The standard InChI is InChI=1S/C22H20FN7O2/c1-12(2)30-10-16(18-20(24)26-11-27-21(18)30)19(31)13-7-8-25-17(9-13)29-22(32)28-15-5-3-14(23)4-6-15/h3-12H,1-2H3,(H2,24,26,27)(H2,25,28,29,32). The van der Waals surface area contributed by atoms with Gasteiger partial charge < -0.3 is 15.6 Å². The number of aromatic nitrogens is 4. The van der Waals surface area contributed by atoms with E-state index in [9.17, 15) is 14.0 Å². The van der Waals surface area contributed by atoms with E-state index in [0.29, 0.717) is 27.8 Å². The SMILES string of the molecule is CC(C)n1cc(C(=O)c2ccnc(NC(=O)Nc3ccc(F)cc3)c2)c2c(N)ncnc21. The lowest BCUT2D eigenvalue weighted by Gasteiger charge is -2.08. The number of carbonyl (C=O) groups is 2. The van der Waals surface area contributed by atoms with Crippen molar-refractivity contribution in [2.75, 3.05) is 16.4 Å². The van der Waals surface area contributed by atoms with Crippen LogP contribution in [0.5, 0.6) is 0 Å². The third-order valence-electron chi connectivity index (χ3n) is 4.81. The van der Waals surface area contributed by atoms with Crippen molar-refractivity contribution in [3.8, 4) is 0 Å². The molecule has 0 aliphatic rings. The molecule has 0 saturated carbocycles. The number of anilines is 3. The number of pyridine rings is 1. The van der Waals surface area contributed by atoms with Gasteiger partial charge in [0.05, 0.1) is 10.9 Å². The van der Waals surface area contributed by atoms with Gasteiger partial charge in [0, 0.05) is 29.7 Å². The van der Waals surface area contributed by atoms with E-state index in [0.717, 1.165) is 0 Å². The molecule has 0 aliphatic heterocycles. The summed E-state index contributed by atoms with van der Waals surface area (Å²) in [6.07, 6.45) is 4.48. The summed E-state index contributed by atoms with van der Waals surface area (Å²) in [5.74, 6) is -0.329. The number of nitrogens with two attached hydrogens (primary N) is 1. The van der Waals surface area contributed by atoms with Crippen LogP contribution in [0.25, 0.3) is 11.0 Å². The first-order valence-electron chi connectivity index (χ1n) is 9.79. The van der Waals surface area contributed by atoms with Gasteiger partial charge in [0.15, 0.2) is 5.78 Å². The molecule has 1 aromatic carbocycles. The maximum Gasteiger partial charge on any atom is 0.324 e.